The zero-order valence-electron chi connectivity index (χ0n) is 9.56. The second-order valence-corrected chi connectivity index (χ2v) is 3.58. The molecule has 82 valence electrons. The van der Waals surface area contributed by atoms with E-state index in [1.165, 1.54) is 6.33 Å². The van der Waals surface area contributed by atoms with Crippen LogP contribution in [0.1, 0.15) is 17.0 Å². The van der Waals surface area contributed by atoms with Crippen molar-refractivity contribution in [3.8, 4) is 11.6 Å². The molecule has 0 atom stereocenters. The van der Waals surface area contributed by atoms with Crippen molar-refractivity contribution in [3.63, 3.8) is 0 Å². The molecule has 0 aliphatic rings. The standard InChI is InChI=1S/C12H13N3O/c1-8-9(2)14-7-15-12(8)16-11-5-4-6-13-10(11)3/h4-7H,1-3H3. The van der Waals surface area contributed by atoms with E-state index in [0.29, 0.717) is 5.88 Å². The van der Waals surface area contributed by atoms with Crippen LogP contribution in [0.4, 0.5) is 0 Å². The highest BCUT2D eigenvalue weighted by Gasteiger charge is 2.07. The highest BCUT2D eigenvalue weighted by molar-refractivity contribution is 5.34. The van der Waals surface area contributed by atoms with Gasteiger partial charge in [0.05, 0.1) is 5.69 Å². The van der Waals surface area contributed by atoms with Crippen LogP contribution in [0.3, 0.4) is 0 Å². The zero-order chi connectivity index (χ0) is 11.5. The molecule has 0 spiro atoms. The van der Waals surface area contributed by atoms with Crippen LogP contribution >= 0.6 is 0 Å². The highest BCUT2D eigenvalue weighted by Crippen LogP contribution is 2.24. The first-order valence-corrected chi connectivity index (χ1v) is 5.06. The lowest BCUT2D eigenvalue weighted by atomic mass is 10.2. The maximum absolute atomic E-state index is 5.71. The summed E-state index contributed by atoms with van der Waals surface area (Å²) in [5, 5.41) is 0. The largest absolute Gasteiger partial charge is 0.437 e. The first-order valence-electron chi connectivity index (χ1n) is 5.06. The maximum Gasteiger partial charge on any atom is 0.225 e. The van der Waals surface area contributed by atoms with E-state index in [9.17, 15) is 0 Å². The van der Waals surface area contributed by atoms with Gasteiger partial charge < -0.3 is 4.74 Å². The van der Waals surface area contributed by atoms with Crippen LogP contribution in [0.25, 0.3) is 0 Å². The third kappa shape index (κ3) is 2.00. The summed E-state index contributed by atoms with van der Waals surface area (Å²) < 4.78 is 5.71. The molecule has 0 N–H and O–H groups in total. The Balaban J connectivity index is 2.35. The molecule has 0 aliphatic heterocycles. The van der Waals surface area contributed by atoms with E-state index >= 15 is 0 Å². The smallest absolute Gasteiger partial charge is 0.225 e. The Morgan fingerprint density at radius 1 is 1.00 bits per heavy atom. The summed E-state index contributed by atoms with van der Waals surface area (Å²) in [4.78, 5) is 12.4. The third-order valence-corrected chi connectivity index (χ3v) is 2.45. The topological polar surface area (TPSA) is 47.9 Å². The molecule has 0 bridgehead atoms. The van der Waals surface area contributed by atoms with Crippen LogP contribution in [-0.2, 0) is 0 Å². The number of nitrogens with zero attached hydrogens (tertiary/aromatic N) is 3. The lowest BCUT2D eigenvalue weighted by molar-refractivity contribution is 0.450. The van der Waals surface area contributed by atoms with E-state index in [1.54, 1.807) is 6.20 Å². The lowest BCUT2D eigenvalue weighted by Crippen LogP contribution is -1.97. The van der Waals surface area contributed by atoms with Gasteiger partial charge >= 0.3 is 0 Å². The van der Waals surface area contributed by atoms with Crippen LogP contribution in [0, 0.1) is 20.8 Å². The quantitative estimate of drug-likeness (QED) is 0.772. The van der Waals surface area contributed by atoms with Crippen molar-refractivity contribution in [2.45, 2.75) is 20.8 Å². The number of hydrogen-bond acceptors (Lipinski definition) is 4. The van der Waals surface area contributed by atoms with Crippen molar-refractivity contribution in [2.75, 3.05) is 0 Å². The number of aryl methyl sites for hydroxylation is 2. The number of rotatable bonds is 2. The molecule has 4 heteroatoms. The molecule has 0 aliphatic carbocycles. The molecule has 0 saturated carbocycles. The Bertz CT molecular complexity index is 511. The minimum atomic E-state index is 0.587. The van der Waals surface area contributed by atoms with Crippen LogP contribution < -0.4 is 4.74 Å². The summed E-state index contributed by atoms with van der Waals surface area (Å²) in [6.45, 7) is 5.77. The first kappa shape index (κ1) is 10.5. The van der Waals surface area contributed by atoms with Gasteiger partial charge in [0, 0.05) is 17.5 Å². The van der Waals surface area contributed by atoms with Crippen molar-refractivity contribution < 1.29 is 4.74 Å². The van der Waals surface area contributed by atoms with E-state index in [1.807, 2.05) is 32.9 Å². The Kier molecular flexibility index (Phi) is 2.81. The minimum Gasteiger partial charge on any atom is -0.437 e. The monoisotopic (exact) mass is 215 g/mol. The molecule has 2 heterocycles. The van der Waals surface area contributed by atoms with Gasteiger partial charge in [0.1, 0.15) is 6.33 Å². The van der Waals surface area contributed by atoms with Crippen molar-refractivity contribution in [1.29, 1.82) is 0 Å². The fourth-order valence-electron chi connectivity index (χ4n) is 1.30. The van der Waals surface area contributed by atoms with Gasteiger partial charge in [0.15, 0.2) is 5.75 Å². The van der Waals surface area contributed by atoms with Gasteiger partial charge in [-0.25, -0.2) is 9.97 Å². The Morgan fingerprint density at radius 3 is 2.56 bits per heavy atom. The van der Waals surface area contributed by atoms with Gasteiger partial charge in [-0.1, -0.05) is 0 Å². The summed E-state index contributed by atoms with van der Waals surface area (Å²) in [6, 6.07) is 3.71. The van der Waals surface area contributed by atoms with E-state index in [4.69, 9.17) is 4.74 Å². The van der Waals surface area contributed by atoms with Crippen molar-refractivity contribution in [2.24, 2.45) is 0 Å². The molecule has 0 radical (unpaired) electrons. The summed E-state index contributed by atoms with van der Waals surface area (Å²) >= 11 is 0. The predicted octanol–water partition coefficient (Wildman–Crippen LogP) is 2.59. The van der Waals surface area contributed by atoms with Gasteiger partial charge in [-0.15, -0.1) is 0 Å². The molecule has 0 amide bonds. The summed E-state index contributed by atoms with van der Waals surface area (Å²) in [5.74, 6) is 1.31. The van der Waals surface area contributed by atoms with Crippen molar-refractivity contribution in [1.82, 2.24) is 15.0 Å². The Labute approximate surface area is 94.4 Å². The second kappa shape index (κ2) is 4.26. The average molecular weight is 215 g/mol. The Morgan fingerprint density at radius 2 is 1.81 bits per heavy atom. The zero-order valence-corrected chi connectivity index (χ0v) is 9.56. The number of pyridine rings is 1. The van der Waals surface area contributed by atoms with E-state index in [0.717, 1.165) is 22.7 Å². The molecule has 0 fully saturated rings. The molecule has 2 rings (SSSR count). The highest BCUT2D eigenvalue weighted by atomic mass is 16.5. The van der Waals surface area contributed by atoms with Crippen molar-refractivity contribution >= 4 is 0 Å². The van der Waals surface area contributed by atoms with E-state index in [2.05, 4.69) is 15.0 Å². The SMILES string of the molecule is Cc1ncccc1Oc1ncnc(C)c1C. The van der Waals surface area contributed by atoms with Crippen LogP contribution in [-0.4, -0.2) is 15.0 Å². The third-order valence-electron chi connectivity index (χ3n) is 2.45. The average Bonchev–Trinajstić information content (AvgIpc) is 2.28. The van der Waals surface area contributed by atoms with Crippen LogP contribution in [0.15, 0.2) is 24.7 Å². The van der Waals surface area contributed by atoms with Crippen LogP contribution in [0.5, 0.6) is 11.6 Å². The minimum absolute atomic E-state index is 0.587. The van der Waals surface area contributed by atoms with E-state index < -0.39 is 0 Å². The molecule has 4 nitrogen and oxygen atoms in total. The molecule has 0 unspecified atom stereocenters. The molecule has 16 heavy (non-hydrogen) atoms. The predicted molar refractivity (Wildman–Crippen MR) is 60.6 cm³/mol. The number of ether oxygens (including phenoxy) is 1. The Hall–Kier alpha value is -1.97. The normalized spacial score (nSPS) is 10.2. The second-order valence-electron chi connectivity index (χ2n) is 3.58. The number of hydrogen-bond donors (Lipinski definition) is 0. The fraction of sp³-hybridized carbons (Fsp3) is 0.250. The van der Waals surface area contributed by atoms with Gasteiger partial charge in [0.2, 0.25) is 5.88 Å². The molecule has 0 saturated heterocycles. The van der Waals surface area contributed by atoms with Crippen molar-refractivity contribution in [3.05, 3.63) is 41.6 Å². The maximum atomic E-state index is 5.71. The molecule has 0 aromatic carbocycles. The molecule has 2 aromatic rings. The van der Waals surface area contributed by atoms with Gasteiger partial charge in [-0.2, -0.15) is 0 Å². The molecule has 2 aromatic heterocycles. The summed E-state index contributed by atoms with van der Waals surface area (Å²) in [6.07, 6.45) is 3.24. The summed E-state index contributed by atoms with van der Waals surface area (Å²) in [5.41, 5.74) is 2.72. The molecular formula is C12H13N3O. The van der Waals surface area contributed by atoms with Gasteiger partial charge in [-0.05, 0) is 32.9 Å². The van der Waals surface area contributed by atoms with E-state index in [-0.39, 0.29) is 0 Å². The first-order chi connectivity index (χ1) is 7.68. The fourth-order valence-corrected chi connectivity index (χ4v) is 1.30. The van der Waals surface area contributed by atoms with Crippen LogP contribution in [0.2, 0.25) is 0 Å². The lowest BCUT2D eigenvalue weighted by Gasteiger charge is -2.09. The number of aromatic nitrogens is 3. The van der Waals surface area contributed by atoms with Gasteiger partial charge in [-0.3, -0.25) is 4.98 Å². The summed E-state index contributed by atoms with van der Waals surface area (Å²) in [7, 11) is 0. The van der Waals surface area contributed by atoms with Gasteiger partial charge in [0.25, 0.3) is 0 Å². The molecular weight excluding hydrogens is 202 g/mol.